The van der Waals surface area contributed by atoms with Gasteiger partial charge in [-0.05, 0) is 37.1 Å². The van der Waals surface area contributed by atoms with Crippen LogP contribution in [0.3, 0.4) is 0 Å². The van der Waals surface area contributed by atoms with Gasteiger partial charge in [-0.1, -0.05) is 20.8 Å². The highest BCUT2D eigenvalue weighted by atomic mass is 32.2. The van der Waals surface area contributed by atoms with Gasteiger partial charge in [0.25, 0.3) is 0 Å². The SMILES string of the molecule is CC1C(N)CCC(CN(C)CCS(C)(=O)=O)C1(C)C. The van der Waals surface area contributed by atoms with Gasteiger partial charge in [0.15, 0.2) is 0 Å². The van der Waals surface area contributed by atoms with Crippen molar-refractivity contribution >= 4 is 9.84 Å². The molecular weight excluding hydrogens is 260 g/mol. The van der Waals surface area contributed by atoms with E-state index < -0.39 is 9.84 Å². The summed E-state index contributed by atoms with van der Waals surface area (Å²) in [5.74, 6) is 1.34. The molecule has 0 spiro atoms. The predicted molar refractivity (Wildman–Crippen MR) is 80.9 cm³/mol. The van der Waals surface area contributed by atoms with Crippen molar-refractivity contribution in [2.24, 2.45) is 23.0 Å². The molecule has 114 valence electrons. The van der Waals surface area contributed by atoms with Gasteiger partial charge in [0.2, 0.25) is 0 Å². The fraction of sp³-hybridized carbons (Fsp3) is 1.00. The summed E-state index contributed by atoms with van der Waals surface area (Å²) in [5.41, 5.74) is 6.39. The van der Waals surface area contributed by atoms with Gasteiger partial charge in [-0.2, -0.15) is 0 Å². The minimum absolute atomic E-state index is 0.219. The molecule has 4 nitrogen and oxygen atoms in total. The molecule has 0 aromatic heterocycles. The van der Waals surface area contributed by atoms with Crippen LogP contribution in [-0.2, 0) is 9.84 Å². The van der Waals surface area contributed by atoms with E-state index in [0.717, 1.165) is 19.4 Å². The fourth-order valence-electron chi connectivity index (χ4n) is 3.05. The van der Waals surface area contributed by atoms with E-state index in [9.17, 15) is 8.42 Å². The maximum absolute atomic E-state index is 11.2. The number of sulfone groups is 1. The molecule has 1 rings (SSSR count). The Morgan fingerprint density at radius 1 is 1.32 bits per heavy atom. The Morgan fingerprint density at radius 3 is 2.42 bits per heavy atom. The van der Waals surface area contributed by atoms with Gasteiger partial charge in [0.05, 0.1) is 5.75 Å². The zero-order valence-electron chi connectivity index (χ0n) is 13.0. The summed E-state index contributed by atoms with van der Waals surface area (Å²) < 4.78 is 22.4. The molecule has 0 saturated heterocycles. The maximum atomic E-state index is 11.2. The standard InChI is InChI=1S/C14H30N2O2S/c1-11-13(15)7-6-12(14(11,2)3)10-16(4)8-9-19(5,17)18/h11-13H,6-10,15H2,1-5H3. The smallest absolute Gasteiger partial charge is 0.148 e. The summed E-state index contributed by atoms with van der Waals surface area (Å²) in [6.07, 6.45) is 3.52. The first-order chi connectivity index (χ1) is 8.54. The molecule has 1 aliphatic carbocycles. The Hall–Kier alpha value is -0.130. The Morgan fingerprint density at radius 2 is 1.89 bits per heavy atom. The van der Waals surface area contributed by atoms with Crippen molar-refractivity contribution in [1.29, 1.82) is 0 Å². The van der Waals surface area contributed by atoms with Crippen LogP contribution in [0.15, 0.2) is 0 Å². The van der Waals surface area contributed by atoms with Crippen LogP contribution >= 0.6 is 0 Å². The van der Waals surface area contributed by atoms with Crippen molar-refractivity contribution in [3.63, 3.8) is 0 Å². The van der Waals surface area contributed by atoms with E-state index >= 15 is 0 Å². The van der Waals surface area contributed by atoms with Gasteiger partial charge in [-0.15, -0.1) is 0 Å². The summed E-state index contributed by atoms with van der Waals surface area (Å²) in [7, 11) is -0.856. The molecule has 0 aliphatic heterocycles. The van der Waals surface area contributed by atoms with Crippen LogP contribution < -0.4 is 5.73 Å². The van der Waals surface area contributed by atoms with Gasteiger partial charge >= 0.3 is 0 Å². The highest BCUT2D eigenvalue weighted by molar-refractivity contribution is 7.90. The second kappa shape index (κ2) is 6.10. The number of hydrogen-bond acceptors (Lipinski definition) is 4. The van der Waals surface area contributed by atoms with E-state index in [1.807, 2.05) is 7.05 Å². The van der Waals surface area contributed by atoms with Crippen LogP contribution in [0.1, 0.15) is 33.6 Å². The molecule has 0 bridgehead atoms. The topological polar surface area (TPSA) is 63.4 Å². The lowest BCUT2D eigenvalue weighted by Crippen LogP contribution is -2.49. The Bertz CT molecular complexity index is 392. The second-order valence-electron chi connectivity index (χ2n) is 6.94. The van der Waals surface area contributed by atoms with Crippen molar-refractivity contribution in [2.75, 3.05) is 32.1 Å². The molecule has 0 heterocycles. The number of nitrogens with two attached hydrogens (primary N) is 1. The van der Waals surface area contributed by atoms with E-state index in [1.165, 1.54) is 6.26 Å². The van der Waals surface area contributed by atoms with Crippen molar-refractivity contribution in [3.05, 3.63) is 0 Å². The molecule has 3 atom stereocenters. The van der Waals surface area contributed by atoms with Crippen LogP contribution in [0, 0.1) is 17.3 Å². The van der Waals surface area contributed by atoms with Crippen LogP contribution in [0.25, 0.3) is 0 Å². The molecule has 1 saturated carbocycles. The van der Waals surface area contributed by atoms with Gasteiger partial charge in [0.1, 0.15) is 9.84 Å². The van der Waals surface area contributed by atoms with Crippen LogP contribution in [-0.4, -0.2) is 51.5 Å². The molecule has 0 radical (unpaired) electrons. The average molecular weight is 290 g/mol. The van der Waals surface area contributed by atoms with Gasteiger partial charge in [-0.25, -0.2) is 8.42 Å². The largest absolute Gasteiger partial charge is 0.327 e. The van der Waals surface area contributed by atoms with Gasteiger partial charge in [0, 0.05) is 25.4 Å². The lowest BCUT2D eigenvalue weighted by molar-refractivity contribution is 0.0348. The molecule has 1 aliphatic rings. The van der Waals surface area contributed by atoms with Crippen LogP contribution in [0.4, 0.5) is 0 Å². The van der Waals surface area contributed by atoms with Crippen molar-refractivity contribution in [3.8, 4) is 0 Å². The number of nitrogens with zero attached hydrogens (tertiary/aromatic N) is 1. The highest BCUT2D eigenvalue weighted by Gasteiger charge is 2.41. The van der Waals surface area contributed by atoms with E-state index in [4.69, 9.17) is 5.73 Å². The molecular formula is C14H30N2O2S. The molecule has 0 aromatic carbocycles. The first kappa shape index (κ1) is 16.9. The van der Waals surface area contributed by atoms with E-state index in [-0.39, 0.29) is 11.2 Å². The maximum Gasteiger partial charge on any atom is 0.148 e. The Kier molecular flexibility index (Phi) is 5.43. The Labute approximate surface area is 118 Å². The summed E-state index contributed by atoms with van der Waals surface area (Å²) in [5, 5.41) is 0. The molecule has 3 unspecified atom stereocenters. The molecule has 2 N–H and O–H groups in total. The van der Waals surface area contributed by atoms with Crippen molar-refractivity contribution in [1.82, 2.24) is 4.90 Å². The predicted octanol–water partition coefficient (Wildman–Crippen LogP) is 1.36. The molecule has 0 amide bonds. The Balaban J connectivity index is 2.56. The van der Waals surface area contributed by atoms with Crippen molar-refractivity contribution in [2.45, 2.75) is 39.7 Å². The third-order valence-corrected chi connectivity index (χ3v) is 6.02. The monoisotopic (exact) mass is 290 g/mol. The third kappa shape index (κ3) is 4.72. The average Bonchev–Trinajstić information content (AvgIpc) is 2.27. The molecule has 0 aromatic rings. The zero-order chi connectivity index (χ0) is 14.8. The van der Waals surface area contributed by atoms with Crippen LogP contribution in [0.2, 0.25) is 0 Å². The van der Waals surface area contributed by atoms with Crippen LogP contribution in [0.5, 0.6) is 0 Å². The first-order valence-corrected chi connectivity index (χ1v) is 9.22. The van der Waals surface area contributed by atoms with Gasteiger partial charge in [-0.3, -0.25) is 0 Å². The lowest BCUT2D eigenvalue weighted by atomic mass is 9.61. The van der Waals surface area contributed by atoms with E-state index in [0.29, 0.717) is 24.4 Å². The summed E-state index contributed by atoms with van der Waals surface area (Å²) in [6, 6.07) is 0.299. The highest BCUT2D eigenvalue weighted by Crippen LogP contribution is 2.44. The summed E-state index contributed by atoms with van der Waals surface area (Å²) in [4.78, 5) is 2.15. The quantitative estimate of drug-likeness (QED) is 0.830. The fourth-order valence-corrected chi connectivity index (χ4v) is 3.70. The minimum atomic E-state index is -2.87. The summed E-state index contributed by atoms with van der Waals surface area (Å²) >= 11 is 0. The zero-order valence-corrected chi connectivity index (χ0v) is 13.8. The third-order valence-electron chi connectivity index (χ3n) is 5.09. The first-order valence-electron chi connectivity index (χ1n) is 7.16. The lowest BCUT2D eigenvalue weighted by Gasteiger charge is -2.48. The minimum Gasteiger partial charge on any atom is -0.327 e. The molecule has 19 heavy (non-hydrogen) atoms. The normalized spacial score (nSPS) is 31.6. The van der Waals surface area contributed by atoms with E-state index in [1.54, 1.807) is 0 Å². The van der Waals surface area contributed by atoms with Gasteiger partial charge < -0.3 is 10.6 Å². The molecule has 1 fully saturated rings. The van der Waals surface area contributed by atoms with Crippen molar-refractivity contribution < 1.29 is 8.42 Å². The van der Waals surface area contributed by atoms with E-state index in [2.05, 4.69) is 25.7 Å². The second-order valence-corrected chi connectivity index (χ2v) is 9.20. The summed E-state index contributed by atoms with van der Waals surface area (Å²) in [6.45, 7) is 8.41. The number of hydrogen-bond donors (Lipinski definition) is 1. The molecule has 5 heteroatoms. The number of rotatable bonds is 5.